The van der Waals surface area contributed by atoms with Gasteiger partial charge in [-0.15, -0.1) is 0 Å². The molecule has 252 valence electrons. The molecule has 5 rings (SSSR count). The van der Waals surface area contributed by atoms with Gasteiger partial charge in [-0.05, 0) is 102 Å². The second-order valence-electron chi connectivity index (χ2n) is 14.6. The van der Waals surface area contributed by atoms with Crippen molar-refractivity contribution in [2.45, 2.75) is 91.8 Å². The van der Waals surface area contributed by atoms with Crippen LogP contribution in [0.2, 0.25) is 0 Å². The molecular weight excluding hydrogens is 594 g/mol. The molecule has 1 saturated heterocycles. The average molecular weight is 644 g/mol. The van der Waals surface area contributed by atoms with Crippen LogP contribution >= 0.6 is 0 Å². The first-order valence-corrected chi connectivity index (χ1v) is 16.5. The predicted octanol–water partition coefficient (Wildman–Crippen LogP) is 7.11. The van der Waals surface area contributed by atoms with E-state index in [1.807, 2.05) is 71.9 Å². The van der Waals surface area contributed by atoms with Gasteiger partial charge in [-0.25, -0.2) is 9.78 Å². The molecule has 47 heavy (non-hydrogen) atoms. The zero-order chi connectivity index (χ0) is 33.9. The van der Waals surface area contributed by atoms with Gasteiger partial charge in [-0.3, -0.25) is 4.79 Å². The Hall–Kier alpha value is -4.11. The number of hydrogen-bond donors (Lipinski definition) is 0. The maximum atomic E-state index is 12.9. The summed E-state index contributed by atoms with van der Waals surface area (Å²) in [5.74, 6) is 1.05. The van der Waals surface area contributed by atoms with Gasteiger partial charge < -0.3 is 28.7 Å². The minimum absolute atomic E-state index is 0.214. The third-order valence-electron chi connectivity index (χ3n) is 8.37. The highest BCUT2D eigenvalue weighted by atomic mass is 16.6. The van der Waals surface area contributed by atoms with Crippen LogP contribution in [-0.4, -0.2) is 66.0 Å². The molecule has 1 fully saturated rings. The highest BCUT2D eigenvalue weighted by molar-refractivity contribution is 5.74. The van der Waals surface area contributed by atoms with Gasteiger partial charge in [0, 0.05) is 38.9 Å². The highest BCUT2D eigenvalue weighted by Crippen LogP contribution is 2.33. The lowest BCUT2D eigenvalue weighted by Crippen LogP contribution is -2.49. The van der Waals surface area contributed by atoms with E-state index >= 15 is 0 Å². The van der Waals surface area contributed by atoms with E-state index in [2.05, 4.69) is 36.1 Å². The van der Waals surface area contributed by atoms with E-state index in [0.29, 0.717) is 39.2 Å². The molecule has 3 heterocycles. The Kier molecular flexibility index (Phi) is 10.2. The molecule has 3 aromatic rings. The molecule has 0 saturated carbocycles. The van der Waals surface area contributed by atoms with Crippen LogP contribution in [0.25, 0.3) is 11.3 Å². The molecule has 9 nitrogen and oxygen atoms in total. The zero-order valence-electron chi connectivity index (χ0n) is 29.1. The van der Waals surface area contributed by atoms with Crippen molar-refractivity contribution in [3.8, 4) is 17.0 Å². The minimum atomic E-state index is -0.541. The topological polar surface area (TPSA) is 90.4 Å². The van der Waals surface area contributed by atoms with Crippen LogP contribution in [0.3, 0.4) is 0 Å². The molecule has 0 spiro atoms. The lowest BCUT2D eigenvalue weighted by molar-refractivity contribution is -0.165. The summed E-state index contributed by atoms with van der Waals surface area (Å²) in [6.07, 6.45) is 0.828. The molecule has 0 N–H and O–H groups in total. The van der Waals surface area contributed by atoms with Crippen molar-refractivity contribution in [3.63, 3.8) is 0 Å². The molecule has 0 radical (unpaired) electrons. The van der Waals surface area contributed by atoms with Crippen molar-refractivity contribution in [1.82, 2.24) is 9.88 Å². The summed E-state index contributed by atoms with van der Waals surface area (Å²) in [5.41, 5.74) is 5.23. The first-order chi connectivity index (χ1) is 22.2. The van der Waals surface area contributed by atoms with Crippen molar-refractivity contribution in [3.05, 3.63) is 76.9 Å². The number of piperidine rings is 1. The summed E-state index contributed by atoms with van der Waals surface area (Å²) < 4.78 is 23.4. The Labute approximate surface area is 279 Å². The standard InChI is InChI=1S/C38H49N3O6/c1-25-12-15-32(45-24-26-13-14-28-22-41(18-16-27(28)21-26)36(43)47-38(5,6)7)30(20-25)31-10-9-11-34(39-31)40-19-17-29(33(23-40)44-8)35(42)46-37(2,3)4/h9-15,20-21,29,33H,16-19,22-24H2,1-8H3/t29-,33+/m1/s1. The van der Waals surface area contributed by atoms with E-state index < -0.39 is 11.2 Å². The van der Waals surface area contributed by atoms with Crippen molar-refractivity contribution in [2.75, 3.05) is 31.6 Å². The number of amides is 1. The van der Waals surface area contributed by atoms with Crippen molar-refractivity contribution in [1.29, 1.82) is 0 Å². The summed E-state index contributed by atoms with van der Waals surface area (Å²) in [4.78, 5) is 34.5. The van der Waals surface area contributed by atoms with Crippen molar-refractivity contribution in [2.24, 2.45) is 5.92 Å². The Balaban J connectivity index is 1.27. The Bertz CT molecular complexity index is 1590. The number of fused-ring (bicyclic) bond motifs is 1. The molecule has 1 amide bonds. The third kappa shape index (κ3) is 8.83. The number of anilines is 1. The normalized spacial score (nSPS) is 18.4. The number of benzene rings is 2. The number of pyridine rings is 1. The van der Waals surface area contributed by atoms with Gasteiger partial charge in [-0.2, -0.15) is 0 Å². The number of carbonyl (C=O) groups is 2. The Morgan fingerprint density at radius 2 is 1.68 bits per heavy atom. The summed E-state index contributed by atoms with van der Waals surface area (Å²) in [7, 11) is 1.65. The molecule has 1 aromatic heterocycles. The summed E-state index contributed by atoms with van der Waals surface area (Å²) in [6, 6.07) is 18.5. The summed E-state index contributed by atoms with van der Waals surface area (Å²) in [5, 5.41) is 0. The number of carbonyl (C=O) groups excluding carboxylic acids is 2. The van der Waals surface area contributed by atoms with Crippen LogP contribution in [0.5, 0.6) is 5.75 Å². The van der Waals surface area contributed by atoms with Gasteiger partial charge in [0.1, 0.15) is 29.4 Å². The van der Waals surface area contributed by atoms with Crippen LogP contribution in [0.15, 0.2) is 54.6 Å². The van der Waals surface area contributed by atoms with E-state index in [1.165, 1.54) is 5.56 Å². The first kappa shape index (κ1) is 34.2. The van der Waals surface area contributed by atoms with Crippen LogP contribution in [-0.2, 0) is 38.6 Å². The van der Waals surface area contributed by atoms with Gasteiger partial charge in [0.25, 0.3) is 0 Å². The smallest absolute Gasteiger partial charge is 0.410 e. The number of methoxy groups -OCH3 is 1. The fraction of sp³-hybridized carbons (Fsp3) is 0.500. The summed E-state index contributed by atoms with van der Waals surface area (Å²) >= 11 is 0. The lowest BCUT2D eigenvalue weighted by Gasteiger charge is -2.38. The number of rotatable bonds is 7. The number of esters is 1. The molecule has 0 aliphatic carbocycles. The molecule has 2 aliphatic rings. The highest BCUT2D eigenvalue weighted by Gasteiger charge is 2.37. The fourth-order valence-electron chi connectivity index (χ4n) is 6.07. The average Bonchev–Trinajstić information content (AvgIpc) is 3.02. The summed E-state index contributed by atoms with van der Waals surface area (Å²) in [6.45, 7) is 16.2. The molecular formula is C38H49N3O6. The van der Waals surface area contributed by atoms with Gasteiger partial charge in [0.05, 0.1) is 17.7 Å². The Morgan fingerprint density at radius 1 is 0.915 bits per heavy atom. The second kappa shape index (κ2) is 13.9. The van der Waals surface area contributed by atoms with E-state index in [4.69, 9.17) is 23.9 Å². The van der Waals surface area contributed by atoms with Crippen molar-refractivity contribution < 1.29 is 28.5 Å². The van der Waals surface area contributed by atoms with Crippen molar-refractivity contribution >= 4 is 17.9 Å². The van der Waals surface area contributed by atoms with Gasteiger partial charge in [-0.1, -0.05) is 35.9 Å². The van der Waals surface area contributed by atoms with E-state index in [-0.39, 0.29) is 24.1 Å². The predicted molar refractivity (Wildman–Crippen MR) is 182 cm³/mol. The van der Waals surface area contributed by atoms with E-state index in [1.54, 1.807) is 12.0 Å². The number of ether oxygens (including phenoxy) is 4. The number of aryl methyl sites for hydroxylation is 1. The maximum Gasteiger partial charge on any atom is 0.410 e. The van der Waals surface area contributed by atoms with Gasteiger partial charge in [0.2, 0.25) is 0 Å². The van der Waals surface area contributed by atoms with Crippen LogP contribution in [0.4, 0.5) is 10.6 Å². The number of aromatic nitrogens is 1. The monoisotopic (exact) mass is 643 g/mol. The molecule has 2 aromatic carbocycles. The SMILES string of the molecule is CO[C@H]1CN(c2cccc(-c3cc(C)ccc3OCc3ccc4c(c3)CCN(C(=O)OC(C)(C)C)C4)n2)CC[C@H]1C(=O)OC(C)(C)C. The minimum Gasteiger partial charge on any atom is -0.488 e. The zero-order valence-corrected chi connectivity index (χ0v) is 29.1. The Morgan fingerprint density at radius 3 is 2.40 bits per heavy atom. The number of nitrogens with zero attached hydrogens (tertiary/aromatic N) is 3. The third-order valence-corrected chi connectivity index (χ3v) is 8.37. The largest absolute Gasteiger partial charge is 0.488 e. The molecule has 2 atom stereocenters. The van der Waals surface area contributed by atoms with Crippen LogP contribution in [0.1, 0.15) is 70.2 Å². The fourth-order valence-corrected chi connectivity index (χ4v) is 6.07. The van der Waals surface area contributed by atoms with E-state index in [9.17, 15) is 9.59 Å². The second-order valence-corrected chi connectivity index (χ2v) is 14.6. The number of hydrogen-bond acceptors (Lipinski definition) is 8. The lowest BCUT2D eigenvalue weighted by atomic mass is 9.93. The molecule has 0 unspecified atom stereocenters. The van der Waals surface area contributed by atoms with Crippen LogP contribution in [0, 0.1) is 12.8 Å². The van der Waals surface area contributed by atoms with Crippen LogP contribution < -0.4 is 9.64 Å². The first-order valence-electron chi connectivity index (χ1n) is 16.5. The molecule has 2 aliphatic heterocycles. The maximum absolute atomic E-state index is 12.9. The van der Waals surface area contributed by atoms with E-state index in [0.717, 1.165) is 45.9 Å². The van der Waals surface area contributed by atoms with Gasteiger partial charge in [0.15, 0.2) is 0 Å². The molecule has 9 heteroatoms. The van der Waals surface area contributed by atoms with Gasteiger partial charge >= 0.3 is 12.1 Å². The quantitative estimate of drug-likeness (QED) is 0.252. The molecule has 0 bridgehead atoms.